The lowest BCUT2D eigenvalue weighted by Crippen LogP contribution is -2.11. The second-order valence-electron chi connectivity index (χ2n) is 3.77. The molecular formula is C12H18N4O3. The van der Waals surface area contributed by atoms with Gasteiger partial charge in [0.2, 0.25) is 5.82 Å². The third-order valence-electron chi connectivity index (χ3n) is 2.25. The van der Waals surface area contributed by atoms with Crippen molar-refractivity contribution in [1.82, 2.24) is 9.97 Å². The maximum atomic E-state index is 11.1. The summed E-state index contributed by atoms with van der Waals surface area (Å²) in [4.78, 5) is 18.8. The summed E-state index contributed by atoms with van der Waals surface area (Å²) in [5.74, 6) is 0.691. The van der Waals surface area contributed by atoms with E-state index >= 15 is 0 Å². The molecular weight excluding hydrogens is 248 g/mol. The van der Waals surface area contributed by atoms with Gasteiger partial charge in [0, 0.05) is 13.0 Å². The number of nitrogens with zero attached hydrogens (tertiary/aromatic N) is 3. The van der Waals surface area contributed by atoms with Crippen molar-refractivity contribution in [3.05, 3.63) is 28.6 Å². The number of rotatable bonds is 8. The van der Waals surface area contributed by atoms with Crippen LogP contribution in [0.3, 0.4) is 0 Å². The zero-order valence-corrected chi connectivity index (χ0v) is 11.2. The molecule has 1 aromatic rings. The van der Waals surface area contributed by atoms with E-state index in [0.29, 0.717) is 25.4 Å². The van der Waals surface area contributed by atoms with Gasteiger partial charge in [0.15, 0.2) is 0 Å². The second-order valence-corrected chi connectivity index (χ2v) is 3.77. The van der Waals surface area contributed by atoms with E-state index in [2.05, 4.69) is 21.9 Å². The van der Waals surface area contributed by atoms with E-state index < -0.39 is 4.92 Å². The maximum Gasteiger partial charge on any atom is 0.372 e. The molecule has 7 heteroatoms. The smallest absolute Gasteiger partial charge is 0.372 e. The van der Waals surface area contributed by atoms with Crippen LogP contribution in [-0.4, -0.2) is 28.0 Å². The fourth-order valence-corrected chi connectivity index (χ4v) is 1.39. The van der Waals surface area contributed by atoms with Crippen LogP contribution in [0.15, 0.2) is 12.7 Å². The molecule has 0 aliphatic heterocycles. The minimum absolute atomic E-state index is 0.0188. The zero-order chi connectivity index (χ0) is 14.3. The molecule has 0 saturated carbocycles. The first kappa shape index (κ1) is 14.9. The predicted octanol–water partition coefficient (Wildman–Crippen LogP) is 2.33. The summed E-state index contributed by atoms with van der Waals surface area (Å²) >= 11 is 0. The van der Waals surface area contributed by atoms with E-state index in [9.17, 15) is 10.1 Å². The Balaban J connectivity index is 3.23. The van der Waals surface area contributed by atoms with E-state index in [1.165, 1.54) is 0 Å². The van der Waals surface area contributed by atoms with Gasteiger partial charge in [-0.15, -0.1) is 6.58 Å². The fraction of sp³-hybridized carbons (Fsp3) is 0.500. The minimum atomic E-state index is -0.532. The molecule has 1 aromatic heterocycles. The van der Waals surface area contributed by atoms with Gasteiger partial charge in [0.05, 0.1) is 11.5 Å². The van der Waals surface area contributed by atoms with Gasteiger partial charge in [-0.25, -0.2) is 4.98 Å². The van der Waals surface area contributed by atoms with Crippen molar-refractivity contribution in [3.63, 3.8) is 0 Å². The van der Waals surface area contributed by atoms with Gasteiger partial charge in [-0.1, -0.05) is 19.9 Å². The van der Waals surface area contributed by atoms with Crippen LogP contribution < -0.4 is 10.1 Å². The lowest BCUT2D eigenvalue weighted by molar-refractivity contribution is -0.385. The Hall–Kier alpha value is -2.18. The number of aromatic nitrogens is 2. The van der Waals surface area contributed by atoms with Crippen LogP contribution in [0, 0.1) is 10.1 Å². The van der Waals surface area contributed by atoms with Crippen molar-refractivity contribution in [2.75, 3.05) is 18.5 Å². The number of hydrogen-bond donors (Lipinski definition) is 1. The Bertz CT molecular complexity index is 463. The van der Waals surface area contributed by atoms with E-state index in [0.717, 1.165) is 6.42 Å². The highest BCUT2D eigenvalue weighted by Gasteiger charge is 2.25. The van der Waals surface area contributed by atoms with E-state index in [4.69, 9.17) is 4.74 Å². The normalized spacial score (nSPS) is 10.0. The Labute approximate surface area is 111 Å². The number of nitrogens with one attached hydrogen (secondary N) is 1. The summed E-state index contributed by atoms with van der Waals surface area (Å²) < 4.78 is 5.35. The van der Waals surface area contributed by atoms with Gasteiger partial charge in [0.1, 0.15) is 5.82 Å². The first-order valence-electron chi connectivity index (χ1n) is 6.16. The summed E-state index contributed by atoms with van der Waals surface area (Å²) in [7, 11) is 0. The van der Waals surface area contributed by atoms with Crippen molar-refractivity contribution in [3.8, 4) is 5.88 Å². The van der Waals surface area contributed by atoms with Crippen LogP contribution in [0.5, 0.6) is 5.88 Å². The van der Waals surface area contributed by atoms with Gasteiger partial charge in [-0.3, -0.25) is 10.1 Å². The van der Waals surface area contributed by atoms with Crippen molar-refractivity contribution >= 4 is 11.5 Å². The molecule has 1 rings (SSSR count). The van der Waals surface area contributed by atoms with Crippen LogP contribution in [0.2, 0.25) is 0 Å². The minimum Gasteiger partial charge on any atom is -0.473 e. The molecule has 0 amide bonds. The molecule has 0 aliphatic rings. The molecule has 0 spiro atoms. The van der Waals surface area contributed by atoms with E-state index in [-0.39, 0.29) is 17.4 Å². The van der Waals surface area contributed by atoms with Gasteiger partial charge in [-0.05, 0) is 6.42 Å². The molecule has 1 heterocycles. The zero-order valence-electron chi connectivity index (χ0n) is 11.2. The molecule has 0 aliphatic carbocycles. The van der Waals surface area contributed by atoms with E-state index in [1.54, 1.807) is 6.08 Å². The quantitative estimate of drug-likeness (QED) is 0.441. The third kappa shape index (κ3) is 3.90. The highest BCUT2D eigenvalue weighted by molar-refractivity contribution is 5.62. The molecule has 0 aromatic carbocycles. The monoisotopic (exact) mass is 266 g/mol. The molecule has 0 bridgehead atoms. The third-order valence-corrected chi connectivity index (χ3v) is 2.25. The largest absolute Gasteiger partial charge is 0.473 e. The topological polar surface area (TPSA) is 90.2 Å². The Morgan fingerprint density at radius 2 is 2.21 bits per heavy atom. The molecule has 1 N–H and O–H groups in total. The SMILES string of the molecule is C=CCNc1nc(CC)nc(OCCC)c1[N+](=O)[O-]. The summed E-state index contributed by atoms with van der Waals surface area (Å²) in [6.07, 6.45) is 2.92. The molecule has 19 heavy (non-hydrogen) atoms. The molecule has 7 nitrogen and oxygen atoms in total. The number of anilines is 1. The predicted molar refractivity (Wildman–Crippen MR) is 72.5 cm³/mol. The van der Waals surface area contributed by atoms with Crippen molar-refractivity contribution in [1.29, 1.82) is 0 Å². The maximum absolute atomic E-state index is 11.1. The molecule has 0 saturated heterocycles. The van der Waals surface area contributed by atoms with Crippen molar-refractivity contribution in [2.45, 2.75) is 26.7 Å². The van der Waals surface area contributed by atoms with Gasteiger partial charge in [-0.2, -0.15) is 4.98 Å². The molecule has 0 fully saturated rings. The molecule has 0 atom stereocenters. The van der Waals surface area contributed by atoms with Gasteiger partial charge < -0.3 is 10.1 Å². The van der Waals surface area contributed by atoms with Gasteiger partial charge >= 0.3 is 5.69 Å². The summed E-state index contributed by atoms with van der Waals surface area (Å²) in [5, 5.41) is 14.0. The number of aryl methyl sites for hydroxylation is 1. The average Bonchev–Trinajstić information content (AvgIpc) is 2.41. The summed E-state index contributed by atoms with van der Waals surface area (Å²) in [5.41, 5.74) is -0.229. The van der Waals surface area contributed by atoms with E-state index in [1.807, 2.05) is 13.8 Å². The summed E-state index contributed by atoms with van der Waals surface area (Å²) in [6.45, 7) is 8.12. The standard InChI is InChI=1S/C12H18N4O3/c1-4-7-13-11-10(16(17)18)12(19-8-5-2)15-9(6-3)14-11/h4H,1,5-8H2,2-3H3,(H,13,14,15). The highest BCUT2D eigenvalue weighted by atomic mass is 16.6. The van der Waals surface area contributed by atoms with Crippen molar-refractivity contribution in [2.24, 2.45) is 0 Å². The lowest BCUT2D eigenvalue weighted by atomic mass is 10.4. The number of hydrogen-bond acceptors (Lipinski definition) is 6. The van der Waals surface area contributed by atoms with Crippen LogP contribution in [0.25, 0.3) is 0 Å². The number of ether oxygens (including phenoxy) is 1. The lowest BCUT2D eigenvalue weighted by Gasteiger charge is -2.10. The van der Waals surface area contributed by atoms with Gasteiger partial charge in [0.25, 0.3) is 5.88 Å². The van der Waals surface area contributed by atoms with Crippen LogP contribution in [-0.2, 0) is 6.42 Å². The first-order chi connectivity index (χ1) is 9.13. The second kappa shape index (κ2) is 7.30. The Morgan fingerprint density at radius 3 is 2.74 bits per heavy atom. The highest BCUT2D eigenvalue weighted by Crippen LogP contribution is 2.32. The molecule has 104 valence electrons. The first-order valence-corrected chi connectivity index (χ1v) is 6.16. The Kier molecular flexibility index (Phi) is 5.72. The molecule has 0 unspecified atom stereocenters. The number of nitro groups is 1. The van der Waals surface area contributed by atoms with Crippen molar-refractivity contribution < 1.29 is 9.66 Å². The van der Waals surface area contributed by atoms with Crippen LogP contribution in [0.1, 0.15) is 26.1 Å². The molecule has 0 radical (unpaired) electrons. The van der Waals surface area contributed by atoms with Crippen LogP contribution >= 0.6 is 0 Å². The Morgan fingerprint density at radius 1 is 1.47 bits per heavy atom. The average molecular weight is 266 g/mol. The fourth-order valence-electron chi connectivity index (χ4n) is 1.39. The van der Waals surface area contributed by atoms with Crippen LogP contribution in [0.4, 0.5) is 11.5 Å². The summed E-state index contributed by atoms with van der Waals surface area (Å²) in [6, 6.07) is 0.